The molecule has 0 atom stereocenters. The van der Waals surface area contributed by atoms with Gasteiger partial charge in [-0.3, -0.25) is 14.4 Å². The number of hydrogen-bond acceptors (Lipinski definition) is 8. The number of aliphatic imine (C=N–C) groups is 1. The number of Topliss-reactive ketones (excluding diaryl/α,β-unsaturated/α-hetero) is 1. The molecule has 3 aromatic carbocycles. The molecule has 0 fully saturated rings. The van der Waals surface area contributed by atoms with Crippen LogP contribution >= 0.6 is 11.3 Å². The molecular weight excluding hydrogens is 524 g/mol. The molecule has 4 rings (SSSR count). The highest BCUT2D eigenvalue weighted by atomic mass is 32.1. The summed E-state index contributed by atoms with van der Waals surface area (Å²) in [4.78, 5) is 22.8. The molecule has 4 aromatic rings. The summed E-state index contributed by atoms with van der Waals surface area (Å²) in [5.74, 6) is 0.832. The highest BCUT2D eigenvalue weighted by molar-refractivity contribution is 7.11. The molecule has 2 N–H and O–H groups in total. The summed E-state index contributed by atoms with van der Waals surface area (Å²) in [6, 6.07) is 23.1. The van der Waals surface area contributed by atoms with Crippen molar-refractivity contribution in [3.05, 3.63) is 99.2 Å². The van der Waals surface area contributed by atoms with E-state index in [1.807, 2.05) is 67.6 Å². The van der Waals surface area contributed by atoms with Gasteiger partial charge in [0, 0.05) is 25.4 Å². The van der Waals surface area contributed by atoms with Crippen molar-refractivity contribution < 1.29 is 19.4 Å². The van der Waals surface area contributed by atoms with Crippen molar-refractivity contribution in [1.82, 2.24) is 4.57 Å². The molecule has 9 heteroatoms. The Morgan fingerprint density at radius 1 is 1.05 bits per heavy atom. The number of thiazole rings is 1. The quantitative estimate of drug-likeness (QED) is 0.123. The van der Waals surface area contributed by atoms with Crippen molar-refractivity contribution in [2.45, 2.75) is 26.9 Å². The number of methoxy groups -OCH3 is 1. The number of benzene rings is 3. The van der Waals surface area contributed by atoms with Gasteiger partial charge in [-0.1, -0.05) is 53.8 Å². The first-order valence-corrected chi connectivity index (χ1v) is 13.9. The van der Waals surface area contributed by atoms with Crippen LogP contribution in [0.1, 0.15) is 40.2 Å². The van der Waals surface area contributed by atoms with Gasteiger partial charge in [-0.05, 0) is 55.3 Å². The van der Waals surface area contributed by atoms with Crippen LogP contribution in [-0.4, -0.2) is 48.5 Å². The number of ether oxygens (including phenoxy) is 2. The third-order valence-corrected chi connectivity index (χ3v) is 7.04. The van der Waals surface area contributed by atoms with E-state index in [0.29, 0.717) is 53.8 Å². The summed E-state index contributed by atoms with van der Waals surface area (Å²) >= 11 is 1.34. The number of nitrogens with one attached hydrogen (secondary N) is 1. The predicted molar refractivity (Wildman–Crippen MR) is 160 cm³/mol. The summed E-state index contributed by atoms with van der Waals surface area (Å²) in [5.41, 5.74) is 4.07. The van der Waals surface area contributed by atoms with Crippen LogP contribution in [0, 0.1) is 0 Å². The van der Waals surface area contributed by atoms with E-state index in [4.69, 9.17) is 14.5 Å². The first-order valence-electron chi connectivity index (χ1n) is 13.1. The van der Waals surface area contributed by atoms with Gasteiger partial charge in [0.2, 0.25) is 5.88 Å². The first kappa shape index (κ1) is 28.8. The van der Waals surface area contributed by atoms with E-state index in [0.717, 1.165) is 22.6 Å². The van der Waals surface area contributed by atoms with Gasteiger partial charge in [0.15, 0.2) is 10.6 Å². The third-order valence-electron chi connectivity index (χ3n) is 6.04. The highest BCUT2D eigenvalue weighted by Gasteiger charge is 2.14. The van der Waals surface area contributed by atoms with Crippen LogP contribution < -0.4 is 14.9 Å². The minimum absolute atomic E-state index is 0.0342. The molecule has 0 spiro atoms. The summed E-state index contributed by atoms with van der Waals surface area (Å²) in [5, 5.41) is 14.5. The van der Waals surface area contributed by atoms with Gasteiger partial charge in [0.1, 0.15) is 17.2 Å². The summed E-state index contributed by atoms with van der Waals surface area (Å²) in [7, 11) is 1.64. The monoisotopic (exact) mass is 558 g/mol. The van der Waals surface area contributed by atoms with Crippen molar-refractivity contribution in [2.75, 3.05) is 32.2 Å². The summed E-state index contributed by atoms with van der Waals surface area (Å²) < 4.78 is 12.4. The van der Waals surface area contributed by atoms with E-state index in [2.05, 4.69) is 10.3 Å². The molecule has 8 nitrogen and oxygen atoms in total. The average molecular weight is 559 g/mol. The normalized spacial score (nSPS) is 11.7. The molecule has 0 radical (unpaired) electrons. The lowest BCUT2D eigenvalue weighted by Crippen LogP contribution is -2.15. The van der Waals surface area contributed by atoms with E-state index in [-0.39, 0.29) is 11.7 Å². The minimum Gasteiger partial charge on any atom is -0.493 e. The lowest BCUT2D eigenvalue weighted by atomic mass is 10.1. The number of carbonyl (C=O) groups excluding carboxylic acids is 1. The molecule has 40 heavy (non-hydrogen) atoms. The number of aromatic nitrogens is 1. The molecule has 1 heterocycles. The maximum atomic E-state index is 12.1. The first-order chi connectivity index (χ1) is 19.5. The van der Waals surface area contributed by atoms with E-state index in [1.165, 1.54) is 18.3 Å². The standard InChI is InChI=1S/C31H34N4O4S/c1-4-33-27-15-12-25(22(2)36)18-28(27)34-31-35(21-24-8-6-5-7-9-24)30(37)29(40-31)20-32-19-23-10-13-26(14-11-23)39-17-16-38-3/h5-15,18,20,33,37H,4,16-17,19,21H2,1-3H3. The molecule has 0 aliphatic rings. The number of anilines is 1. The molecule has 0 bridgehead atoms. The Bertz CT molecular complexity index is 1510. The number of rotatable bonds is 13. The van der Waals surface area contributed by atoms with E-state index in [1.54, 1.807) is 30.0 Å². The third kappa shape index (κ3) is 7.68. The highest BCUT2D eigenvalue weighted by Crippen LogP contribution is 2.28. The Kier molecular flexibility index (Phi) is 10.3. The van der Waals surface area contributed by atoms with Gasteiger partial charge >= 0.3 is 0 Å². The lowest BCUT2D eigenvalue weighted by Gasteiger charge is -2.09. The Morgan fingerprint density at radius 2 is 1.82 bits per heavy atom. The number of nitrogens with zero attached hydrogens (tertiary/aromatic N) is 3. The molecule has 0 unspecified atom stereocenters. The Morgan fingerprint density at radius 3 is 2.52 bits per heavy atom. The fourth-order valence-electron chi connectivity index (χ4n) is 3.95. The predicted octanol–water partition coefficient (Wildman–Crippen LogP) is 5.81. The molecule has 0 amide bonds. The second-order valence-electron chi connectivity index (χ2n) is 9.03. The van der Waals surface area contributed by atoms with Crippen molar-refractivity contribution in [3.63, 3.8) is 0 Å². The Balaban J connectivity index is 1.66. The van der Waals surface area contributed by atoms with Gasteiger partial charge in [-0.25, -0.2) is 4.99 Å². The van der Waals surface area contributed by atoms with E-state index >= 15 is 0 Å². The molecule has 208 valence electrons. The SMILES string of the molecule is CCNc1ccc(C(C)=O)cc1N=c1sc(C=NCc2ccc(OCCOC)cc2)c(O)n1Cc1ccccc1. The topological polar surface area (TPSA) is 97.4 Å². The van der Waals surface area contributed by atoms with Crippen LogP contribution in [0.2, 0.25) is 0 Å². The number of hydrogen-bond donors (Lipinski definition) is 2. The number of carbonyl (C=O) groups is 1. The van der Waals surface area contributed by atoms with Gasteiger partial charge in [0.25, 0.3) is 0 Å². The molecule has 0 aliphatic heterocycles. The lowest BCUT2D eigenvalue weighted by molar-refractivity contribution is 0.101. The van der Waals surface area contributed by atoms with Crippen LogP contribution in [0.15, 0.2) is 82.8 Å². The van der Waals surface area contributed by atoms with Crippen LogP contribution in [0.4, 0.5) is 11.4 Å². The van der Waals surface area contributed by atoms with Crippen LogP contribution in [0.25, 0.3) is 0 Å². The van der Waals surface area contributed by atoms with Gasteiger partial charge in [-0.15, -0.1) is 0 Å². The smallest absolute Gasteiger partial charge is 0.213 e. The van der Waals surface area contributed by atoms with Gasteiger partial charge in [0.05, 0.1) is 31.1 Å². The van der Waals surface area contributed by atoms with Crippen molar-refractivity contribution >= 4 is 34.7 Å². The van der Waals surface area contributed by atoms with Crippen molar-refractivity contribution in [3.8, 4) is 11.6 Å². The fraction of sp³-hybridized carbons (Fsp3) is 0.258. The number of ketones is 1. The minimum atomic E-state index is -0.0342. The summed E-state index contributed by atoms with van der Waals surface area (Å²) in [6.07, 6.45) is 1.68. The second-order valence-corrected chi connectivity index (χ2v) is 10.0. The maximum Gasteiger partial charge on any atom is 0.213 e. The number of aromatic hydroxyl groups is 1. The second kappa shape index (κ2) is 14.3. The van der Waals surface area contributed by atoms with Gasteiger partial charge < -0.3 is 19.9 Å². The van der Waals surface area contributed by atoms with E-state index < -0.39 is 0 Å². The molecular formula is C31H34N4O4S. The zero-order valence-corrected chi connectivity index (χ0v) is 23.8. The molecule has 0 saturated heterocycles. The maximum absolute atomic E-state index is 12.1. The summed E-state index contributed by atoms with van der Waals surface area (Å²) in [6.45, 7) is 6.17. The average Bonchev–Trinajstić information content (AvgIpc) is 3.24. The fourth-order valence-corrected chi connectivity index (χ4v) is 4.88. The Hall–Kier alpha value is -4.21. The van der Waals surface area contributed by atoms with Crippen molar-refractivity contribution in [1.29, 1.82) is 0 Å². The molecule has 0 aliphatic carbocycles. The van der Waals surface area contributed by atoms with Crippen LogP contribution in [-0.2, 0) is 17.8 Å². The van der Waals surface area contributed by atoms with Crippen molar-refractivity contribution in [2.24, 2.45) is 9.98 Å². The van der Waals surface area contributed by atoms with Crippen LogP contribution in [0.3, 0.4) is 0 Å². The Labute approximate surface area is 238 Å². The van der Waals surface area contributed by atoms with E-state index in [9.17, 15) is 9.90 Å². The molecule has 0 saturated carbocycles. The van der Waals surface area contributed by atoms with Crippen LogP contribution in [0.5, 0.6) is 11.6 Å². The molecule has 1 aromatic heterocycles. The zero-order valence-electron chi connectivity index (χ0n) is 23.0. The largest absolute Gasteiger partial charge is 0.493 e. The zero-order chi connectivity index (χ0) is 28.3. The van der Waals surface area contributed by atoms with Gasteiger partial charge in [-0.2, -0.15) is 0 Å².